The second-order valence-electron chi connectivity index (χ2n) is 5.68. The van der Waals surface area contributed by atoms with E-state index in [0.717, 1.165) is 23.8 Å². The lowest BCUT2D eigenvalue weighted by molar-refractivity contribution is 0.102. The fraction of sp³-hybridized carbons (Fsp3) is 0. The molecule has 2 heterocycles. The first kappa shape index (κ1) is 16.0. The number of pyridine rings is 1. The van der Waals surface area contributed by atoms with Crippen molar-refractivity contribution in [1.29, 1.82) is 0 Å². The molecule has 4 aromatic rings. The summed E-state index contributed by atoms with van der Waals surface area (Å²) < 4.78 is 29.0. The molecule has 0 bridgehead atoms. The monoisotopic (exact) mass is 349 g/mol. The minimum absolute atomic E-state index is 0.366. The van der Waals surface area contributed by atoms with Gasteiger partial charge in [0.15, 0.2) is 0 Å². The van der Waals surface area contributed by atoms with E-state index in [1.165, 1.54) is 0 Å². The van der Waals surface area contributed by atoms with Crippen molar-refractivity contribution in [2.75, 3.05) is 5.32 Å². The number of halogens is 2. The third-order valence-corrected chi connectivity index (χ3v) is 3.98. The highest BCUT2D eigenvalue weighted by Crippen LogP contribution is 2.29. The smallest absolute Gasteiger partial charge is 0.259 e. The Morgan fingerprint density at radius 2 is 1.73 bits per heavy atom. The molecule has 0 unspecified atom stereocenters. The Bertz CT molecular complexity index is 1110. The van der Waals surface area contributed by atoms with Gasteiger partial charge < -0.3 is 5.32 Å². The molecule has 0 spiro atoms. The predicted molar refractivity (Wildman–Crippen MR) is 94.9 cm³/mol. The van der Waals surface area contributed by atoms with Crippen LogP contribution in [0.2, 0.25) is 0 Å². The van der Waals surface area contributed by atoms with E-state index in [-0.39, 0.29) is 5.56 Å². The molecule has 4 nitrogen and oxygen atoms in total. The summed E-state index contributed by atoms with van der Waals surface area (Å²) in [6.07, 6.45) is 1.74. The summed E-state index contributed by atoms with van der Waals surface area (Å²) in [5.41, 5.74) is 1.60. The Balaban J connectivity index is 1.83. The molecule has 6 heteroatoms. The van der Waals surface area contributed by atoms with Crippen LogP contribution in [0.1, 0.15) is 10.4 Å². The van der Waals surface area contributed by atoms with Crippen molar-refractivity contribution >= 4 is 17.4 Å². The van der Waals surface area contributed by atoms with Crippen LogP contribution in [-0.4, -0.2) is 15.3 Å². The van der Waals surface area contributed by atoms with Crippen LogP contribution in [0.4, 0.5) is 14.6 Å². The number of imidazole rings is 1. The zero-order valence-corrected chi connectivity index (χ0v) is 13.5. The number of nitrogens with zero attached hydrogens (tertiary/aromatic N) is 2. The quantitative estimate of drug-likeness (QED) is 0.591. The molecule has 0 aliphatic rings. The first-order valence-corrected chi connectivity index (χ1v) is 7.92. The van der Waals surface area contributed by atoms with Gasteiger partial charge in [-0.1, -0.05) is 36.4 Å². The van der Waals surface area contributed by atoms with Crippen LogP contribution in [0, 0.1) is 11.6 Å². The van der Waals surface area contributed by atoms with Gasteiger partial charge in [-0.05, 0) is 30.3 Å². The van der Waals surface area contributed by atoms with Gasteiger partial charge >= 0.3 is 0 Å². The second kappa shape index (κ2) is 6.40. The number of carbonyl (C=O) groups excluding carboxylic acids is 1. The van der Waals surface area contributed by atoms with Crippen LogP contribution < -0.4 is 5.32 Å². The highest BCUT2D eigenvalue weighted by Gasteiger charge is 2.19. The number of hydrogen-bond donors (Lipinski definition) is 1. The average molecular weight is 349 g/mol. The van der Waals surface area contributed by atoms with Crippen LogP contribution in [-0.2, 0) is 0 Å². The van der Waals surface area contributed by atoms with Gasteiger partial charge in [0.25, 0.3) is 5.91 Å². The zero-order valence-electron chi connectivity index (χ0n) is 13.5. The van der Waals surface area contributed by atoms with Gasteiger partial charge in [0.05, 0.1) is 5.56 Å². The number of fused-ring (bicyclic) bond motifs is 1. The van der Waals surface area contributed by atoms with Crippen molar-refractivity contribution in [3.8, 4) is 11.3 Å². The Kier molecular flexibility index (Phi) is 3.93. The van der Waals surface area contributed by atoms with Crippen LogP contribution in [0.5, 0.6) is 0 Å². The summed E-state index contributed by atoms with van der Waals surface area (Å²) in [7, 11) is 0. The molecule has 0 saturated heterocycles. The lowest BCUT2D eigenvalue weighted by Crippen LogP contribution is -2.16. The molecular weight excluding hydrogens is 336 g/mol. The molecule has 26 heavy (non-hydrogen) atoms. The van der Waals surface area contributed by atoms with Gasteiger partial charge in [-0.2, -0.15) is 0 Å². The summed E-state index contributed by atoms with van der Waals surface area (Å²) in [5, 5.41) is 2.67. The highest BCUT2D eigenvalue weighted by atomic mass is 19.1. The molecule has 4 rings (SSSR count). The number of anilines is 1. The van der Waals surface area contributed by atoms with Crippen molar-refractivity contribution in [1.82, 2.24) is 9.38 Å². The van der Waals surface area contributed by atoms with E-state index in [9.17, 15) is 13.6 Å². The van der Waals surface area contributed by atoms with E-state index in [4.69, 9.17) is 0 Å². The Labute approximate surface area is 147 Å². The Hall–Kier alpha value is -3.54. The minimum atomic E-state index is -0.793. The fourth-order valence-electron chi connectivity index (χ4n) is 2.76. The molecule has 2 aromatic carbocycles. The lowest BCUT2D eigenvalue weighted by atomic mass is 10.1. The number of hydrogen-bond acceptors (Lipinski definition) is 2. The van der Waals surface area contributed by atoms with E-state index in [0.29, 0.717) is 17.2 Å². The molecule has 128 valence electrons. The molecule has 0 radical (unpaired) electrons. The molecule has 1 amide bonds. The SMILES string of the molecule is O=C(Nc1c(-c2ccccc2)nc2ccccn12)c1cc(F)ccc1F. The van der Waals surface area contributed by atoms with E-state index >= 15 is 0 Å². The standard InChI is InChI=1S/C20H13F2N3O/c21-14-9-10-16(22)15(12-14)20(26)24-19-18(13-6-2-1-3-7-13)23-17-8-4-5-11-25(17)19/h1-12H,(H,24,26). The van der Waals surface area contributed by atoms with Gasteiger partial charge in [-0.15, -0.1) is 0 Å². The van der Waals surface area contributed by atoms with Crippen LogP contribution in [0.15, 0.2) is 72.9 Å². The van der Waals surface area contributed by atoms with Gasteiger partial charge in [0.1, 0.15) is 28.8 Å². The molecule has 0 aliphatic carbocycles. The third kappa shape index (κ3) is 2.82. The Morgan fingerprint density at radius 3 is 2.54 bits per heavy atom. The van der Waals surface area contributed by atoms with Gasteiger partial charge in [-0.3, -0.25) is 9.20 Å². The summed E-state index contributed by atoms with van der Waals surface area (Å²) >= 11 is 0. The molecule has 0 atom stereocenters. The lowest BCUT2D eigenvalue weighted by Gasteiger charge is -2.08. The van der Waals surface area contributed by atoms with E-state index < -0.39 is 17.5 Å². The van der Waals surface area contributed by atoms with Crippen molar-refractivity contribution in [2.45, 2.75) is 0 Å². The van der Waals surface area contributed by atoms with Gasteiger partial charge in [0.2, 0.25) is 0 Å². The average Bonchev–Trinajstić information content (AvgIpc) is 3.03. The molecular formula is C20H13F2N3O. The molecule has 0 saturated carbocycles. The van der Waals surface area contributed by atoms with Crippen molar-refractivity contribution in [2.24, 2.45) is 0 Å². The minimum Gasteiger partial charge on any atom is -0.306 e. The summed E-state index contributed by atoms with van der Waals surface area (Å²) in [4.78, 5) is 17.1. The van der Waals surface area contributed by atoms with Crippen LogP contribution in [0.3, 0.4) is 0 Å². The Morgan fingerprint density at radius 1 is 0.962 bits per heavy atom. The molecule has 0 fully saturated rings. The third-order valence-electron chi connectivity index (χ3n) is 3.98. The van der Waals surface area contributed by atoms with E-state index in [2.05, 4.69) is 10.3 Å². The number of amides is 1. The maximum absolute atomic E-state index is 13.9. The van der Waals surface area contributed by atoms with E-state index in [1.807, 2.05) is 36.4 Å². The van der Waals surface area contributed by atoms with Crippen molar-refractivity contribution in [3.63, 3.8) is 0 Å². The first-order valence-electron chi connectivity index (χ1n) is 7.92. The van der Waals surface area contributed by atoms with Crippen molar-refractivity contribution < 1.29 is 13.6 Å². The number of nitrogens with one attached hydrogen (secondary N) is 1. The maximum atomic E-state index is 13.9. The van der Waals surface area contributed by atoms with Crippen LogP contribution in [0.25, 0.3) is 16.9 Å². The topological polar surface area (TPSA) is 46.4 Å². The van der Waals surface area contributed by atoms with Gasteiger partial charge in [-0.25, -0.2) is 13.8 Å². The summed E-state index contributed by atoms with van der Waals surface area (Å²) in [6.45, 7) is 0. The van der Waals surface area contributed by atoms with Gasteiger partial charge in [0, 0.05) is 11.8 Å². The zero-order chi connectivity index (χ0) is 18.1. The van der Waals surface area contributed by atoms with Crippen LogP contribution >= 0.6 is 0 Å². The summed E-state index contributed by atoms with van der Waals surface area (Å²) in [5.74, 6) is -1.83. The highest BCUT2D eigenvalue weighted by molar-refractivity contribution is 6.06. The number of rotatable bonds is 3. The second-order valence-corrected chi connectivity index (χ2v) is 5.68. The fourth-order valence-corrected chi connectivity index (χ4v) is 2.76. The summed E-state index contributed by atoms with van der Waals surface area (Å²) in [6, 6.07) is 17.5. The first-order chi connectivity index (χ1) is 12.6. The molecule has 1 N–H and O–H groups in total. The normalized spacial score (nSPS) is 10.8. The predicted octanol–water partition coefficient (Wildman–Crippen LogP) is 4.53. The van der Waals surface area contributed by atoms with E-state index in [1.54, 1.807) is 22.7 Å². The largest absolute Gasteiger partial charge is 0.306 e. The maximum Gasteiger partial charge on any atom is 0.259 e. The molecule has 0 aliphatic heterocycles. The number of aromatic nitrogens is 2. The molecule has 2 aromatic heterocycles. The van der Waals surface area contributed by atoms with Crippen molar-refractivity contribution in [3.05, 3.63) is 90.1 Å². The number of benzene rings is 2. The number of carbonyl (C=O) groups is 1.